The fraction of sp³-hybridized carbons (Fsp3) is 0.174. The van der Waals surface area contributed by atoms with Gasteiger partial charge in [-0.25, -0.2) is 12.8 Å². The molecule has 1 N–H and O–H groups in total. The van der Waals surface area contributed by atoms with E-state index in [9.17, 15) is 17.6 Å². The van der Waals surface area contributed by atoms with Gasteiger partial charge in [-0.3, -0.25) is 4.79 Å². The standard InChI is InChI=1S/C23H20BrCl2FN2O3S/c1-15(16-3-8-20(27)9-4-16)28-23(30)14-29(13-17-2-7-19(25)12-22(17)26)33(31,32)21-10-5-18(24)6-11-21/h2-12,15H,13-14H2,1H3,(H,28,30)/t15-/m0/s1. The Balaban J connectivity index is 1.86. The molecule has 0 bridgehead atoms. The number of carbonyl (C=O) groups is 1. The Morgan fingerprint density at radius 1 is 1.06 bits per heavy atom. The van der Waals surface area contributed by atoms with Crippen LogP contribution in [-0.4, -0.2) is 25.2 Å². The predicted octanol–water partition coefficient (Wildman–Crippen LogP) is 5.96. The van der Waals surface area contributed by atoms with Crippen LogP contribution >= 0.6 is 39.1 Å². The van der Waals surface area contributed by atoms with E-state index < -0.39 is 28.5 Å². The van der Waals surface area contributed by atoms with Crippen molar-refractivity contribution < 1.29 is 17.6 Å². The summed E-state index contributed by atoms with van der Waals surface area (Å²) < 4.78 is 41.7. The van der Waals surface area contributed by atoms with Crippen LogP contribution < -0.4 is 5.32 Å². The summed E-state index contributed by atoms with van der Waals surface area (Å²) in [5.74, 6) is -0.901. The van der Waals surface area contributed by atoms with Gasteiger partial charge in [0.25, 0.3) is 0 Å². The lowest BCUT2D eigenvalue weighted by atomic mass is 10.1. The molecule has 0 saturated heterocycles. The summed E-state index contributed by atoms with van der Waals surface area (Å²) in [6.07, 6.45) is 0. The van der Waals surface area contributed by atoms with Crippen molar-refractivity contribution >= 4 is 55.1 Å². The molecule has 0 spiro atoms. The van der Waals surface area contributed by atoms with Gasteiger partial charge >= 0.3 is 0 Å². The summed E-state index contributed by atoms with van der Waals surface area (Å²) in [7, 11) is -4.03. The van der Waals surface area contributed by atoms with Gasteiger partial charge in [-0.2, -0.15) is 4.31 Å². The van der Waals surface area contributed by atoms with E-state index in [1.54, 1.807) is 43.3 Å². The molecule has 33 heavy (non-hydrogen) atoms. The normalized spacial score (nSPS) is 12.5. The Morgan fingerprint density at radius 3 is 2.30 bits per heavy atom. The van der Waals surface area contributed by atoms with E-state index >= 15 is 0 Å². The summed E-state index contributed by atoms with van der Waals surface area (Å²) in [4.78, 5) is 12.8. The largest absolute Gasteiger partial charge is 0.348 e. The third-order valence-corrected chi connectivity index (χ3v) is 7.80. The van der Waals surface area contributed by atoms with Crippen LogP contribution in [0.1, 0.15) is 24.1 Å². The first-order valence-corrected chi connectivity index (χ1v) is 12.8. The van der Waals surface area contributed by atoms with Gasteiger partial charge in [-0.05, 0) is 66.6 Å². The second-order valence-corrected chi connectivity index (χ2v) is 11.0. The maximum atomic E-state index is 13.4. The first-order chi connectivity index (χ1) is 15.6. The smallest absolute Gasteiger partial charge is 0.243 e. The van der Waals surface area contributed by atoms with Crippen molar-refractivity contribution in [3.63, 3.8) is 0 Å². The molecule has 1 atom stereocenters. The maximum absolute atomic E-state index is 13.4. The molecular formula is C23H20BrCl2FN2O3S. The SMILES string of the molecule is C[C@H](NC(=O)CN(Cc1ccc(Cl)cc1Cl)S(=O)(=O)c1ccc(Br)cc1)c1ccc(F)cc1. The van der Waals surface area contributed by atoms with Gasteiger partial charge in [-0.15, -0.1) is 0 Å². The average Bonchev–Trinajstić information content (AvgIpc) is 2.75. The lowest BCUT2D eigenvalue weighted by Gasteiger charge is -2.24. The van der Waals surface area contributed by atoms with Crippen molar-refractivity contribution in [3.8, 4) is 0 Å². The van der Waals surface area contributed by atoms with Gasteiger partial charge in [0, 0.05) is 21.1 Å². The van der Waals surface area contributed by atoms with E-state index in [1.165, 1.54) is 30.3 Å². The summed E-state index contributed by atoms with van der Waals surface area (Å²) >= 11 is 15.5. The van der Waals surface area contributed by atoms with Crippen LogP contribution in [0.5, 0.6) is 0 Å². The van der Waals surface area contributed by atoms with Crippen LogP contribution in [0.4, 0.5) is 4.39 Å². The van der Waals surface area contributed by atoms with Crippen LogP contribution in [0.25, 0.3) is 0 Å². The van der Waals surface area contributed by atoms with Crippen LogP contribution in [0.2, 0.25) is 10.0 Å². The lowest BCUT2D eigenvalue weighted by Crippen LogP contribution is -2.41. The fourth-order valence-corrected chi connectivity index (χ4v) is 5.21. The molecule has 174 valence electrons. The minimum atomic E-state index is -4.03. The fourth-order valence-electron chi connectivity index (χ4n) is 3.10. The summed E-state index contributed by atoms with van der Waals surface area (Å²) in [6, 6.07) is 16.1. The number of rotatable bonds is 8. The summed E-state index contributed by atoms with van der Waals surface area (Å²) in [5, 5.41) is 3.46. The zero-order valence-corrected chi connectivity index (χ0v) is 21.3. The molecule has 0 aromatic heterocycles. The number of nitrogens with zero attached hydrogens (tertiary/aromatic N) is 1. The molecule has 1 amide bonds. The predicted molar refractivity (Wildman–Crippen MR) is 131 cm³/mol. The maximum Gasteiger partial charge on any atom is 0.243 e. The number of benzene rings is 3. The Hall–Kier alpha value is -1.97. The molecule has 0 saturated carbocycles. The molecule has 0 aliphatic heterocycles. The Kier molecular flexibility index (Phi) is 8.53. The van der Waals surface area contributed by atoms with Crippen LogP contribution in [-0.2, 0) is 21.4 Å². The zero-order chi connectivity index (χ0) is 24.2. The molecule has 0 unspecified atom stereocenters. The number of hydrogen-bond acceptors (Lipinski definition) is 3. The summed E-state index contributed by atoms with van der Waals surface area (Å²) in [5.41, 5.74) is 1.19. The zero-order valence-electron chi connectivity index (χ0n) is 17.4. The van der Waals surface area contributed by atoms with Crippen molar-refractivity contribution in [2.45, 2.75) is 24.4 Å². The minimum absolute atomic E-state index is 0.0372. The average molecular weight is 574 g/mol. The number of sulfonamides is 1. The highest BCUT2D eigenvalue weighted by Gasteiger charge is 2.28. The van der Waals surface area contributed by atoms with E-state index in [4.69, 9.17) is 23.2 Å². The molecule has 5 nitrogen and oxygen atoms in total. The number of nitrogens with one attached hydrogen (secondary N) is 1. The van der Waals surface area contributed by atoms with Crippen LogP contribution in [0.15, 0.2) is 76.1 Å². The molecule has 0 aliphatic carbocycles. The van der Waals surface area contributed by atoms with Gasteiger partial charge in [-0.1, -0.05) is 57.3 Å². The van der Waals surface area contributed by atoms with Gasteiger partial charge in [0.1, 0.15) is 5.82 Å². The molecule has 0 fully saturated rings. The first-order valence-electron chi connectivity index (χ1n) is 9.81. The number of amides is 1. The molecule has 3 aromatic rings. The van der Waals surface area contributed by atoms with E-state index in [-0.39, 0.29) is 17.3 Å². The molecule has 0 aliphatic rings. The van der Waals surface area contributed by atoms with Crippen LogP contribution in [0.3, 0.4) is 0 Å². The highest BCUT2D eigenvalue weighted by Crippen LogP contribution is 2.26. The van der Waals surface area contributed by atoms with Gasteiger partial charge < -0.3 is 5.32 Å². The third kappa shape index (κ3) is 6.77. The Morgan fingerprint density at radius 2 is 1.70 bits per heavy atom. The number of hydrogen-bond donors (Lipinski definition) is 1. The monoisotopic (exact) mass is 572 g/mol. The quantitative estimate of drug-likeness (QED) is 0.361. The van der Waals surface area contributed by atoms with Crippen molar-refractivity contribution in [2.24, 2.45) is 0 Å². The molecule has 3 aromatic carbocycles. The molecular weight excluding hydrogens is 554 g/mol. The van der Waals surface area contributed by atoms with E-state index in [0.29, 0.717) is 21.2 Å². The van der Waals surface area contributed by atoms with Gasteiger partial charge in [0.15, 0.2) is 0 Å². The van der Waals surface area contributed by atoms with Gasteiger partial charge in [0.05, 0.1) is 17.5 Å². The third-order valence-electron chi connectivity index (χ3n) is 4.88. The molecule has 0 radical (unpaired) electrons. The Labute approximate surface area is 210 Å². The van der Waals surface area contributed by atoms with E-state index in [1.807, 2.05) is 0 Å². The molecule has 0 heterocycles. The lowest BCUT2D eigenvalue weighted by molar-refractivity contribution is -0.122. The van der Waals surface area contributed by atoms with Crippen LogP contribution in [0, 0.1) is 5.82 Å². The van der Waals surface area contributed by atoms with Crippen molar-refractivity contribution in [1.29, 1.82) is 0 Å². The van der Waals surface area contributed by atoms with Crippen molar-refractivity contribution in [2.75, 3.05) is 6.54 Å². The minimum Gasteiger partial charge on any atom is -0.348 e. The van der Waals surface area contributed by atoms with E-state index in [2.05, 4.69) is 21.2 Å². The highest BCUT2D eigenvalue weighted by molar-refractivity contribution is 9.10. The second-order valence-electron chi connectivity index (χ2n) is 7.30. The van der Waals surface area contributed by atoms with E-state index in [0.717, 1.165) is 8.78 Å². The number of halogens is 4. The number of carbonyl (C=O) groups excluding carboxylic acids is 1. The molecule has 3 rings (SSSR count). The summed E-state index contributed by atoms with van der Waals surface area (Å²) in [6.45, 7) is 1.16. The first kappa shape index (κ1) is 25.6. The second kappa shape index (κ2) is 11.0. The van der Waals surface area contributed by atoms with Gasteiger partial charge in [0.2, 0.25) is 15.9 Å². The Bertz CT molecular complexity index is 1240. The highest BCUT2D eigenvalue weighted by atomic mass is 79.9. The van der Waals surface area contributed by atoms with Crippen molar-refractivity contribution in [3.05, 3.63) is 98.2 Å². The molecule has 10 heteroatoms. The van der Waals surface area contributed by atoms with Crippen molar-refractivity contribution in [1.82, 2.24) is 9.62 Å². The topological polar surface area (TPSA) is 66.5 Å².